The molecule has 0 aromatic rings. The minimum atomic E-state index is 0.158. The van der Waals surface area contributed by atoms with Crippen molar-refractivity contribution in [1.82, 2.24) is 0 Å². The van der Waals surface area contributed by atoms with Crippen molar-refractivity contribution in [3.05, 3.63) is 0 Å². The maximum Gasteiger partial charge on any atom is 0.133 e. The number of ketones is 1. The van der Waals surface area contributed by atoms with E-state index in [-0.39, 0.29) is 6.04 Å². The van der Waals surface area contributed by atoms with Crippen LogP contribution in [-0.4, -0.2) is 11.8 Å². The Bertz CT molecular complexity index is 139. The number of carbonyl (C=O) groups excluding carboxylic acids is 1. The molecule has 78 valence electrons. The van der Waals surface area contributed by atoms with Crippen molar-refractivity contribution in [3.8, 4) is 0 Å². The average molecular weight is 185 g/mol. The lowest BCUT2D eigenvalue weighted by molar-refractivity contribution is -0.120. The zero-order valence-electron chi connectivity index (χ0n) is 9.18. The second kappa shape index (κ2) is 7.07. The van der Waals surface area contributed by atoms with Crippen LogP contribution in [-0.2, 0) is 4.79 Å². The van der Waals surface area contributed by atoms with Crippen LogP contribution in [0.2, 0.25) is 0 Å². The number of nitrogens with two attached hydrogens (primary N) is 1. The van der Waals surface area contributed by atoms with Gasteiger partial charge in [-0.2, -0.15) is 0 Å². The highest BCUT2D eigenvalue weighted by atomic mass is 16.1. The molecule has 0 spiro atoms. The summed E-state index contributed by atoms with van der Waals surface area (Å²) in [5.74, 6) is 0.964. The summed E-state index contributed by atoms with van der Waals surface area (Å²) in [6.07, 6.45) is 4.47. The van der Waals surface area contributed by atoms with E-state index < -0.39 is 0 Å². The normalized spacial score (nSPS) is 13.3. The Hall–Kier alpha value is -0.370. The molecule has 0 amide bonds. The van der Waals surface area contributed by atoms with E-state index in [0.717, 1.165) is 25.7 Å². The molecular formula is C11H23NO. The van der Waals surface area contributed by atoms with Crippen molar-refractivity contribution in [2.75, 3.05) is 0 Å². The molecule has 0 aliphatic heterocycles. The van der Waals surface area contributed by atoms with Gasteiger partial charge in [0.15, 0.2) is 0 Å². The Balaban J connectivity index is 3.60. The monoisotopic (exact) mass is 185 g/mol. The van der Waals surface area contributed by atoms with Gasteiger partial charge in [0.1, 0.15) is 5.78 Å². The van der Waals surface area contributed by atoms with Gasteiger partial charge in [-0.25, -0.2) is 0 Å². The summed E-state index contributed by atoms with van der Waals surface area (Å²) in [4.78, 5) is 11.4. The predicted molar refractivity (Wildman–Crippen MR) is 56.6 cm³/mol. The number of hydrogen-bond donors (Lipinski definition) is 1. The molecule has 0 aromatic heterocycles. The molecule has 0 fully saturated rings. The van der Waals surface area contributed by atoms with Crippen LogP contribution in [0.25, 0.3) is 0 Å². The highest BCUT2D eigenvalue weighted by Crippen LogP contribution is 2.14. The van der Waals surface area contributed by atoms with Crippen LogP contribution < -0.4 is 5.73 Å². The molecule has 0 rings (SSSR count). The first-order valence-electron chi connectivity index (χ1n) is 5.37. The minimum Gasteiger partial charge on any atom is -0.328 e. The number of hydrogen-bond acceptors (Lipinski definition) is 2. The van der Waals surface area contributed by atoms with E-state index in [1.165, 1.54) is 0 Å². The van der Waals surface area contributed by atoms with Crippen molar-refractivity contribution in [1.29, 1.82) is 0 Å². The van der Waals surface area contributed by atoms with E-state index in [2.05, 4.69) is 13.8 Å². The highest BCUT2D eigenvalue weighted by Gasteiger charge is 2.10. The van der Waals surface area contributed by atoms with E-state index in [9.17, 15) is 4.79 Å². The minimum absolute atomic E-state index is 0.158. The SMILES string of the molecule is CCC(CC)CC(=O)CCC(C)N. The first-order chi connectivity index (χ1) is 6.10. The van der Waals surface area contributed by atoms with Gasteiger partial charge in [-0.05, 0) is 19.3 Å². The topological polar surface area (TPSA) is 43.1 Å². The maximum absolute atomic E-state index is 11.4. The zero-order chi connectivity index (χ0) is 10.3. The number of carbonyl (C=O) groups is 1. The second-order valence-electron chi connectivity index (χ2n) is 3.94. The van der Waals surface area contributed by atoms with Crippen LogP contribution in [0.15, 0.2) is 0 Å². The average Bonchev–Trinajstić information content (AvgIpc) is 2.10. The van der Waals surface area contributed by atoms with Gasteiger partial charge in [0.25, 0.3) is 0 Å². The van der Waals surface area contributed by atoms with E-state index in [0.29, 0.717) is 18.1 Å². The summed E-state index contributed by atoms with van der Waals surface area (Å²) in [6.45, 7) is 6.24. The predicted octanol–water partition coefficient (Wildman–Crippen LogP) is 2.51. The molecule has 0 radical (unpaired) electrons. The molecule has 0 saturated heterocycles. The number of Topliss-reactive ketones (excluding diaryl/α,β-unsaturated/α-hetero) is 1. The quantitative estimate of drug-likeness (QED) is 0.662. The summed E-state index contributed by atoms with van der Waals surface area (Å²) in [7, 11) is 0. The molecule has 2 heteroatoms. The van der Waals surface area contributed by atoms with Gasteiger partial charge in [0.05, 0.1) is 0 Å². The lowest BCUT2D eigenvalue weighted by Gasteiger charge is -2.11. The summed E-state index contributed by atoms with van der Waals surface area (Å²) in [5, 5.41) is 0. The molecule has 0 aromatic carbocycles. The van der Waals surface area contributed by atoms with E-state index >= 15 is 0 Å². The van der Waals surface area contributed by atoms with Crippen LogP contribution in [0.5, 0.6) is 0 Å². The lowest BCUT2D eigenvalue weighted by Crippen LogP contribution is -2.17. The molecule has 0 heterocycles. The standard InChI is InChI=1S/C11H23NO/c1-4-10(5-2)8-11(13)7-6-9(3)12/h9-10H,4-8,12H2,1-3H3. The Morgan fingerprint density at radius 2 is 1.85 bits per heavy atom. The Morgan fingerprint density at radius 1 is 1.31 bits per heavy atom. The van der Waals surface area contributed by atoms with E-state index in [4.69, 9.17) is 5.73 Å². The highest BCUT2D eigenvalue weighted by molar-refractivity contribution is 5.78. The first-order valence-corrected chi connectivity index (χ1v) is 5.37. The van der Waals surface area contributed by atoms with Crippen LogP contribution in [0.1, 0.15) is 52.9 Å². The largest absolute Gasteiger partial charge is 0.328 e. The van der Waals surface area contributed by atoms with Crippen LogP contribution in [0.4, 0.5) is 0 Å². The van der Waals surface area contributed by atoms with Crippen molar-refractivity contribution < 1.29 is 4.79 Å². The summed E-state index contributed by atoms with van der Waals surface area (Å²) in [5.41, 5.74) is 5.58. The van der Waals surface area contributed by atoms with Gasteiger partial charge in [-0.15, -0.1) is 0 Å². The summed E-state index contributed by atoms with van der Waals surface area (Å²) in [6, 6.07) is 0.158. The molecule has 2 nitrogen and oxygen atoms in total. The smallest absolute Gasteiger partial charge is 0.133 e. The second-order valence-corrected chi connectivity index (χ2v) is 3.94. The third-order valence-corrected chi connectivity index (χ3v) is 2.55. The Morgan fingerprint density at radius 3 is 2.23 bits per heavy atom. The van der Waals surface area contributed by atoms with Crippen LogP contribution in [0.3, 0.4) is 0 Å². The molecular weight excluding hydrogens is 162 g/mol. The Kier molecular flexibility index (Phi) is 6.87. The molecule has 1 atom stereocenters. The fourth-order valence-electron chi connectivity index (χ4n) is 1.39. The molecule has 1 unspecified atom stereocenters. The third kappa shape index (κ3) is 6.76. The first kappa shape index (κ1) is 12.6. The van der Waals surface area contributed by atoms with Crippen molar-refractivity contribution >= 4 is 5.78 Å². The fraction of sp³-hybridized carbons (Fsp3) is 0.909. The fourth-order valence-corrected chi connectivity index (χ4v) is 1.39. The lowest BCUT2D eigenvalue weighted by atomic mass is 9.95. The Labute approximate surface area is 81.9 Å². The van der Waals surface area contributed by atoms with Gasteiger partial charge in [0, 0.05) is 18.9 Å². The zero-order valence-corrected chi connectivity index (χ0v) is 9.18. The molecule has 2 N–H and O–H groups in total. The summed E-state index contributed by atoms with van der Waals surface area (Å²) >= 11 is 0. The third-order valence-electron chi connectivity index (χ3n) is 2.55. The van der Waals surface area contributed by atoms with Crippen molar-refractivity contribution in [2.45, 2.75) is 58.9 Å². The molecule has 0 saturated carbocycles. The van der Waals surface area contributed by atoms with Crippen molar-refractivity contribution in [2.24, 2.45) is 11.7 Å². The van der Waals surface area contributed by atoms with Gasteiger partial charge in [-0.3, -0.25) is 4.79 Å². The van der Waals surface area contributed by atoms with E-state index in [1.54, 1.807) is 0 Å². The molecule has 13 heavy (non-hydrogen) atoms. The van der Waals surface area contributed by atoms with Crippen LogP contribution in [0, 0.1) is 5.92 Å². The molecule has 0 aliphatic rings. The summed E-state index contributed by atoms with van der Waals surface area (Å²) < 4.78 is 0. The van der Waals surface area contributed by atoms with Gasteiger partial charge in [0.2, 0.25) is 0 Å². The van der Waals surface area contributed by atoms with E-state index in [1.807, 2.05) is 6.92 Å². The van der Waals surface area contributed by atoms with Gasteiger partial charge >= 0.3 is 0 Å². The van der Waals surface area contributed by atoms with Crippen molar-refractivity contribution in [3.63, 3.8) is 0 Å². The maximum atomic E-state index is 11.4. The van der Waals surface area contributed by atoms with Crippen LogP contribution >= 0.6 is 0 Å². The molecule has 0 bridgehead atoms. The van der Waals surface area contributed by atoms with Gasteiger partial charge < -0.3 is 5.73 Å². The molecule has 0 aliphatic carbocycles. The number of rotatable bonds is 7. The van der Waals surface area contributed by atoms with Gasteiger partial charge in [-0.1, -0.05) is 26.7 Å².